The zero-order valence-electron chi connectivity index (χ0n) is 8.02. The van der Waals surface area contributed by atoms with Crippen LogP contribution in [0.15, 0.2) is 6.20 Å². The second kappa shape index (κ2) is 4.02. The van der Waals surface area contributed by atoms with Crippen molar-refractivity contribution in [1.82, 2.24) is 15.0 Å². The van der Waals surface area contributed by atoms with Crippen LogP contribution >= 0.6 is 0 Å². The summed E-state index contributed by atoms with van der Waals surface area (Å²) in [5.41, 5.74) is 0.786. The van der Waals surface area contributed by atoms with Crippen LogP contribution < -0.4 is 0 Å². The van der Waals surface area contributed by atoms with E-state index in [2.05, 4.69) is 15.0 Å². The average molecular weight is 183 g/mol. The molecule has 1 aromatic rings. The predicted molar refractivity (Wildman–Crippen MR) is 46.1 cm³/mol. The minimum atomic E-state index is -0.259. The van der Waals surface area contributed by atoms with Crippen LogP contribution in [-0.4, -0.2) is 28.1 Å². The van der Waals surface area contributed by atoms with Crippen molar-refractivity contribution >= 4 is 5.97 Å². The van der Waals surface area contributed by atoms with E-state index in [1.54, 1.807) is 17.9 Å². The topological polar surface area (TPSA) is 57.0 Å². The minimum absolute atomic E-state index is 0.243. The van der Waals surface area contributed by atoms with Crippen molar-refractivity contribution in [1.29, 1.82) is 0 Å². The monoisotopic (exact) mass is 183 g/mol. The highest BCUT2D eigenvalue weighted by Crippen LogP contribution is 2.18. The summed E-state index contributed by atoms with van der Waals surface area (Å²) in [6.07, 6.45) is 2.28. The molecule has 0 spiro atoms. The first-order valence-corrected chi connectivity index (χ1v) is 4.13. The average Bonchev–Trinajstić information content (AvgIpc) is 2.53. The van der Waals surface area contributed by atoms with E-state index in [1.165, 1.54) is 7.11 Å². The van der Waals surface area contributed by atoms with Gasteiger partial charge in [-0.1, -0.05) is 12.1 Å². The Kier molecular flexibility index (Phi) is 3.00. The van der Waals surface area contributed by atoms with Gasteiger partial charge in [-0.3, -0.25) is 9.48 Å². The normalized spacial score (nSPS) is 12.5. The maximum atomic E-state index is 11.3. The van der Waals surface area contributed by atoms with E-state index in [0.717, 1.165) is 5.69 Å². The molecule has 0 aliphatic rings. The van der Waals surface area contributed by atoms with Crippen molar-refractivity contribution in [3.63, 3.8) is 0 Å². The first kappa shape index (κ1) is 9.70. The summed E-state index contributed by atoms with van der Waals surface area (Å²) in [4.78, 5) is 11.3. The number of methoxy groups -OCH3 is 1. The van der Waals surface area contributed by atoms with Gasteiger partial charge in [0.25, 0.3) is 0 Å². The Hall–Kier alpha value is -1.39. The highest BCUT2D eigenvalue weighted by Gasteiger charge is 2.22. The number of hydrogen-bond donors (Lipinski definition) is 0. The van der Waals surface area contributed by atoms with Gasteiger partial charge in [0.15, 0.2) is 0 Å². The zero-order chi connectivity index (χ0) is 9.84. The first-order valence-electron chi connectivity index (χ1n) is 4.13. The number of ether oxygens (including phenoxy) is 1. The molecule has 0 amide bonds. The van der Waals surface area contributed by atoms with Gasteiger partial charge >= 0.3 is 5.97 Å². The van der Waals surface area contributed by atoms with Crippen LogP contribution in [0.2, 0.25) is 0 Å². The quantitative estimate of drug-likeness (QED) is 0.639. The second-order valence-corrected chi connectivity index (χ2v) is 2.77. The lowest BCUT2D eigenvalue weighted by Crippen LogP contribution is -2.16. The van der Waals surface area contributed by atoms with E-state index in [4.69, 9.17) is 0 Å². The fourth-order valence-electron chi connectivity index (χ4n) is 1.25. The molecule has 13 heavy (non-hydrogen) atoms. The SMILES string of the molecule is CCC(C(=O)OC)c1cnnn1C. The summed E-state index contributed by atoms with van der Waals surface area (Å²) in [5, 5.41) is 7.47. The predicted octanol–water partition coefficient (Wildman–Crippen LogP) is 0.482. The second-order valence-electron chi connectivity index (χ2n) is 2.77. The Bertz CT molecular complexity index is 295. The lowest BCUT2D eigenvalue weighted by molar-refractivity contribution is -0.142. The molecule has 0 aliphatic heterocycles. The number of esters is 1. The Labute approximate surface area is 76.7 Å². The molecule has 72 valence electrons. The van der Waals surface area contributed by atoms with Gasteiger partial charge in [0.2, 0.25) is 0 Å². The van der Waals surface area contributed by atoms with E-state index >= 15 is 0 Å². The molecule has 1 aromatic heterocycles. The van der Waals surface area contributed by atoms with Gasteiger partial charge in [-0.15, -0.1) is 5.10 Å². The number of aryl methyl sites for hydroxylation is 1. The van der Waals surface area contributed by atoms with Crippen molar-refractivity contribution in [3.8, 4) is 0 Å². The lowest BCUT2D eigenvalue weighted by Gasteiger charge is -2.10. The number of carbonyl (C=O) groups is 1. The van der Waals surface area contributed by atoms with Crippen molar-refractivity contribution in [3.05, 3.63) is 11.9 Å². The number of nitrogens with zero attached hydrogens (tertiary/aromatic N) is 3. The summed E-state index contributed by atoms with van der Waals surface area (Å²) in [6, 6.07) is 0. The lowest BCUT2D eigenvalue weighted by atomic mass is 10.0. The molecule has 1 rings (SSSR count). The number of aromatic nitrogens is 3. The van der Waals surface area contributed by atoms with Crippen LogP contribution in [0.1, 0.15) is 25.0 Å². The van der Waals surface area contributed by atoms with Gasteiger partial charge in [-0.25, -0.2) is 0 Å². The van der Waals surface area contributed by atoms with Gasteiger partial charge in [0, 0.05) is 7.05 Å². The van der Waals surface area contributed by atoms with E-state index in [-0.39, 0.29) is 11.9 Å². The van der Waals surface area contributed by atoms with E-state index in [9.17, 15) is 4.79 Å². The molecule has 5 nitrogen and oxygen atoms in total. The van der Waals surface area contributed by atoms with Gasteiger partial charge in [0.05, 0.1) is 19.0 Å². The van der Waals surface area contributed by atoms with E-state index < -0.39 is 0 Å². The van der Waals surface area contributed by atoms with Crippen LogP contribution in [-0.2, 0) is 16.6 Å². The molecule has 0 fully saturated rings. The van der Waals surface area contributed by atoms with Crippen molar-refractivity contribution < 1.29 is 9.53 Å². The minimum Gasteiger partial charge on any atom is -0.469 e. The molecule has 1 atom stereocenters. The third-order valence-corrected chi connectivity index (χ3v) is 2.00. The van der Waals surface area contributed by atoms with Crippen LogP contribution in [0.4, 0.5) is 0 Å². The Morgan fingerprint density at radius 3 is 2.85 bits per heavy atom. The summed E-state index contributed by atoms with van der Waals surface area (Å²) >= 11 is 0. The highest BCUT2D eigenvalue weighted by molar-refractivity contribution is 5.77. The fourth-order valence-corrected chi connectivity index (χ4v) is 1.25. The summed E-state index contributed by atoms with van der Waals surface area (Å²) < 4.78 is 6.26. The van der Waals surface area contributed by atoms with Gasteiger partial charge in [-0.05, 0) is 6.42 Å². The molecule has 0 aliphatic carbocycles. The molecule has 0 bridgehead atoms. The zero-order valence-corrected chi connectivity index (χ0v) is 8.02. The molecular weight excluding hydrogens is 170 g/mol. The van der Waals surface area contributed by atoms with Crippen molar-refractivity contribution in [2.24, 2.45) is 7.05 Å². The molecule has 0 N–H and O–H groups in total. The highest BCUT2D eigenvalue weighted by atomic mass is 16.5. The number of hydrogen-bond acceptors (Lipinski definition) is 4. The summed E-state index contributed by atoms with van der Waals surface area (Å²) in [5.74, 6) is -0.502. The van der Waals surface area contributed by atoms with E-state index in [0.29, 0.717) is 6.42 Å². The van der Waals surface area contributed by atoms with Crippen molar-refractivity contribution in [2.75, 3.05) is 7.11 Å². The fraction of sp³-hybridized carbons (Fsp3) is 0.625. The molecule has 1 heterocycles. The first-order chi connectivity index (χ1) is 6.20. The molecule has 1 unspecified atom stereocenters. The third-order valence-electron chi connectivity index (χ3n) is 2.00. The molecule has 0 aromatic carbocycles. The third kappa shape index (κ3) is 1.85. The smallest absolute Gasteiger partial charge is 0.314 e. The van der Waals surface area contributed by atoms with E-state index in [1.807, 2.05) is 6.92 Å². The molecule has 0 radical (unpaired) electrons. The van der Waals surface area contributed by atoms with Crippen LogP contribution in [0.3, 0.4) is 0 Å². The molecule has 0 saturated heterocycles. The Morgan fingerprint density at radius 2 is 2.46 bits per heavy atom. The number of carbonyl (C=O) groups excluding carboxylic acids is 1. The standard InChI is InChI=1S/C8H13N3O2/c1-4-6(8(12)13-3)7-5-9-10-11(7)2/h5-6H,4H2,1-3H3. The van der Waals surface area contributed by atoms with Crippen molar-refractivity contribution in [2.45, 2.75) is 19.3 Å². The largest absolute Gasteiger partial charge is 0.469 e. The van der Waals surface area contributed by atoms with Crippen LogP contribution in [0.25, 0.3) is 0 Å². The molecule has 5 heteroatoms. The Balaban J connectivity index is 2.90. The summed E-state index contributed by atoms with van der Waals surface area (Å²) in [7, 11) is 3.14. The van der Waals surface area contributed by atoms with Gasteiger partial charge in [-0.2, -0.15) is 0 Å². The van der Waals surface area contributed by atoms with Gasteiger partial charge < -0.3 is 4.74 Å². The summed E-state index contributed by atoms with van der Waals surface area (Å²) in [6.45, 7) is 1.93. The maximum Gasteiger partial charge on any atom is 0.314 e. The Morgan fingerprint density at radius 1 is 1.77 bits per heavy atom. The number of rotatable bonds is 3. The molecular formula is C8H13N3O2. The van der Waals surface area contributed by atoms with Gasteiger partial charge in [0.1, 0.15) is 5.92 Å². The van der Waals surface area contributed by atoms with Crippen LogP contribution in [0, 0.1) is 0 Å². The molecule has 0 saturated carbocycles. The maximum absolute atomic E-state index is 11.3. The van der Waals surface area contributed by atoms with Crippen LogP contribution in [0.5, 0.6) is 0 Å².